The molecule has 1 rings (SSSR count). The second kappa shape index (κ2) is 4.16. The summed E-state index contributed by atoms with van der Waals surface area (Å²) in [6, 6.07) is 2.04. The minimum Gasteiger partial charge on any atom is -0.472 e. The van der Waals surface area contributed by atoms with Gasteiger partial charge in [0.2, 0.25) is 0 Å². The van der Waals surface area contributed by atoms with E-state index in [0.717, 1.165) is 12.1 Å². The summed E-state index contributed by atoms with van der Waals surface area (Å²) in [7, 11) is 0. The number of hydrogen-bond acceptors (Lipinski definition) is 3. The number of hydrogen-bond donors (Lipinski definition) is 2. The lowest BCUT2D eigenvalue weighted by Gasteiger charge is -2.08. The molecule has 1 atom stereocenters. The van der Waals surface area contributed by atoms with Crippen molar-refractivity contribution in [2.75, 3.05) is 6.61 Å². The molecule has 0 bridgehead atoms. The van der Waals surface area contributed by atoms with E-state index < -0.39 is 0 Å². The summed E-state index contributed by atoms with van der Waals surface area (Å²) in [6.45, 7) is 2.84. The van der Waals surface area contributed by atoms with E-state index in [1.54, 1.807) is 12.5 Å². The van der Waals surface area contributed by atoms with Crippen LogP contribution in [0.25, 0.3) is 0 Å². The van der Waals surface area contributed by atoms with E-state index in [9.17, 15) is 0 Å². The maximum Gasteiger partial charge on any atom is 0.0947 e. The molecule has 0 amide bonds. The quantitative estimate of drug-likeness (QED) is 0.674. The van der Waals surface area contributed by atoms with Crippen LogP contribution in [0.1, 0.15) is 12.5 Å². The van der Waals surface area contributed by atoms with Crippen molar-refractivity contribution in [3.63, 3.8) is 0 Å². The van der Waals surface area contributed by atoms with Gasteiger partial charge in [-0.1, -0.05) is 0 Å². The van der Waals surface area contributed by atoms with Gasteiger partial charge in [-0.2, -0.15) is 0 Å². The van der Waals surface area contributed by atoms with E-state index in [-0.39, 0.29) is 12.6 Å². The summed E-state index contributed by atoms with van der Waals surface area (Å²) in [5.74, 6) is 0. The van der Waals surface area contributed by atoms with E-state index in [1.807, 2.05) is 13.0 Å². The number of rotatable bonds is 4. The topological polar surface area (TPSA) is 45.4 Å². The number of aliphatic hydroxyl groups excluding tert-OH is 1. The molecule has 3 nitrogen and oxygen atoms in total. The molecule has 0 aromatic carbocycles. The van der Waals surface area contributed by atoms with Crippen LogP contribution in [0.3, 0.4) is 0 Å². The highest BCUT2D eigenvalue weighted by molar-refractivity contribution is 5.04. The van der Waals surface area contributed by atoms with Gasteiger partial charge in [0.1, 0.15) is 0 Å². The standard InChI is InChI=1S/C8H13NO2/c1-7(5-10)9-4-8-2-3-11-6-8/h2-3,6-7,9-10H,4-5H2,1H3. The van der Waals surface area contributed by atoms with Crippen LogP contribution in [-0.4, -0.2) is 17.8 Å². The first kappa shape index (κ1) is 8.30. The Kier molecular flexibility index (Phi) is 3.14. The number of nitrogens with one attached hydrogen (secondary N) is 1. The maximum absolute atomic E-state index is 8.68. The summed E-state index contributed by atoms with van der Waals surface area (Å²) < 4.78 is 4.88. The van der Waals surface area contributed by atoms with Gasteiger partial charge in [-0.15, -0.1) is 0 Å². The molecule has 1 aromatic rings. The van der Waals surface area contributed by atoms with Gasteiger partial charge in [-0.25, -0.2) is 0 Å². The van der Waals surface area contributed by atoms with Gasteiger partial charge in [0.15, 0.2) is 0 Å². The Hall–Kier alpha value is -0.800. The van der Waals surface area contributed by atoms with E-state index in [4.69, 9.17) is 9.52 Å². The van der Waals surface area contributed by atoms with Crippen LogP contribution in [0, 0.1) is 0 Å². The Balaban J connectivity index is 2.23. The Bertz CT molecular complexity index is 184. The van der Waals surface area contributed by atoms with Crippen molar-refractivity contribution in [2.45, 2.75) is 19.5 Å². The van der Waals surface area contributed by atoms with E-state index in [2.05, 4.69) is 5.32 Å². The van der Waals surface area contributed by atoms with Crippen molar-refractivity contribution in [1.29, 1.82) is 0 Å². The van der Waals surface area contributed by atoms with Crippen LogP contribution in [0.2, 0.25) is 0 Å². The fourth-order valence-electron chi connectivity index (χ4n) is 0.750. The molecule has 0 saturated carbocycles. The molecule has 0 spiro atoms. The number of aliphatic hydroxyl groups is 1. The maximum atomic E-state index is 8.68. The fourth-order valence-corrected chi connectivity index (χ4v) is 0.750. The molecular weight excluding hydrogens is 142 g/mol. The Morgan fingerprint density at radius 2 is 2.55 bits per heavy atom. The molecular formula is C8H13NO2. The molecule has 1 unspecified atom stereocenters. The zero-order chi connectivity index (χ0) is 8.10. The van der Waals surface area contributed by atoms with E-state index >= 15 is 0 Å². The normalized spacial score (nSPS) is 13.3. The molecule has 2 N–H and O–H groups in total. The smallest absolute Gasteiger partial charge is 0.0947 e. The summed E-state index contributed by atoms with van der Waals surface area (Å²) >= 11 is 0. The fraction of sp³-hybridized carbons (Fsp3) is 0.500. The zero-order valence-electron chi connectivity index (χ0n) is 6.58. The predicted molar refractivity (Wildman–Crippen MR) is 42.1 cm³/mol. The van der Waals surface area contributed by atoms with Gasteiger partial charge in [0.05, 0.1) is 19.1 Å². The molecule has 0 fully saturated rings. The Labute approximate surface area is 66.0 Å². The number of furan rings is 1. The van der Waals surface area contributed by atoms with Gasteiger partial charge in [-0.05, 0) is 13.0 Å². The molecule has 1 heterocycles. The summed E-state index contributed by atoms with van der Waals surface area (Å²) in [6.07, 6.45) is 3.33. The first-order valence-corrected chi connectivity index (χ1v) is 3.68. The third-order valence-corrected chi connectivity index (χ3v) is 1.51. The van der Waals surface area contributed by atoms with Crippen molar-refractivity contribution < 1.29 is 9.52 Å². The summed E-state index contributed by atoms with van der Waals surface area (Å²) in [4.78, 5) is 0. The predicted octanol–water partition coefficient (Wildman–Crippen LogP) is 0.750. The lowest BCUT2D eigenvalue weighted by molar-refractivity contribution is 0.251. The van der Waals surface area contributed by atoms with E-state index in [0.29, 0.717) is 0 Å². The minimum absolute atomic E-state index is 0.143. The molecule has 0 saturated heterocycles. The molecule has 0 aliphatic heterocycles. The highest BCUT2D eigenvalue weighted by Crippen LogP contribution is 1.98. The highest BCUT2D eigenvalue weighted by atomic mass is 16.3. The Morgan fingerprint density at radius 3 is 3.09 bits per heavy atom. The third kappa shape index (κ3) is 2.74. The van der Waals surface area contributed by atoms with Crippen molar-refractivity contribution in [3.05, 3.63) is 24.2 Å². The first-order chi connectivity index (χ1) is 5.33. The average Bonchev–Trinajstić information content (AvgIpc) is 2.52. The molecule has 0 aliphatic rings. The second-order valence-corrected chi connectivity index (χ2v) is 2.60. The van der Waals surface area contributed by atoms with Crippen LogP contribution in [0.4, 0.5) is 0 Å². The minimum atomic E-state index is 0.143. The van der Waals surface area contributed by atoms with Crippen LogP contribution in [0.5, 0.6) is 0 Å². The van der Waals surface area contributed by atoms with Gasteiger partial charge < -0.3 is 14.8 Å². The van der Waals surface area contributed by atoms with Crippen molar-refractivity contribution in [2.24, 2.45) is 0 Å². The SMILES string of the molecule is CC(CO)NCc1ccoc1. The van der Waals surface area contributed by atoms with Crippen molar-refractivity contribution in [1.82, 2.24) is 5.32 Å². The third-order valence-electron chi connectivity index (χ3n) is 1.51. The molecule has 3 heteroatoms. The largest absolute Gasteiger partial charge is 0.472 e. The lowest BCUT2D eigenvalue weighted by atomic mass is 10.3. The molecule has 62 valence electrons. The van der Waals surface area contributed by atoms with E-state index in [1.165, 1.54) is 0 Å². The summed E-state index contributed by atoms with van der Waals surface area (Å²) in [5, 5.41) is 11.8. The van der Waals surface area contributed by atoms with Crippen LogP contribution in [0.15, 0.2) is 23.0 Å². The van der Waals surface area contributed by atoms with Gasteiger partial charge in [0, 0.05) is 18.2 Å². The molecule has 0 aliphatic carbocycles. The van der Waals surface area contributed by atoms with Crippen molar-refractivity contribution in [3.8, 4) is 0 Å². The van der Waals surface area contributed by atoms with Gasteiger partial charge in [0.25, 0.3) is 0 Å². The molecule has 0 radical (unpaired) electrons. The first-order valence-electron chi connectivity index (χ1n) is 3.68. The van der Waals surface area contributed by atoms with Crippen LogP contribution >= 0.6 is 0 Å². The Morgan fingerprint density at radius 1 is 1.73 bits per heavy atom. The monoisotopic (exact) mass is 155 g/mol. The van der Waals surface area contributed by atoms with Crippen LogP contribution < -0.4 is 5.32 Å². The molecule has 1 aromatic heterocycles. The highest BCUT2D eigenvalue weighted by Gasteiger charge is 1.98. The summed E-state index contributed by atoms with van der Waals surface area (Å²) in [5.41, 5.74) is 1.10. The second-order valence-electron chi connectivity index (χ2n) is 2.60. The van der Waals surface area contributed by atoms with Crippen LogP contribution in [-0.2, 0) is 6.54 Å². The van der Waals surface area contributed by atoms with Gasteiger partial charge in [-0.3, -0.25) is 0 Å². The van der Waals surface area contributed by atoms with Crippen molar-refractivity contribution >= 4 is 0 Å². The average molecular weight is 155 g/mol. The van der Waals surface area contributed by atoms with Gasteiger partial charge >= 0.3 is 0 Å². The molecule has 11 heavy (non-hydrogen) atoms. The zero-order valence-corrected chi connectivity index (χ0v) is 6.58. The lowest BCUT2D eigenvalue weighted by Crippen LogP contribution is -2.28.